The van der Waals surface area contributed by atoms with Crippen LogP contribution in [0, 0.1) is 13.8 Å². The molecule has 9 nitrogen and oxygen atoms in total. The molecule has 3 N–H and O–H groups in total. The van der Waals surface area contributed by atoms with Crippen molar-refractivity contribution >= 4 is 40.7 Å². The molecule has 3 aromatic rings. The van der Waals surface area contributed by atoms with Crippen molar-refractivity contribution in [2.24, 2.45) is 5.73 Å². The summed E-state index contributed by atoms with van der Waals surface area (Å²) in [6.45, 7) is 5.11. The minimum atomic E-state index is -0.593. The molecule has 4 rings (SSSR count). The number of nitrogens with two attached hydrogens (primary N) is 1. The van der Waals surface area contributed by atoms with Gasteiger partial charge >= 0.3 is 0 Å². The smallest absolute Gasteiger partial charge is 0.255 e. The molecule has 0 saturated carbocycles. The lowest BCUT2D eigenvalue weighted by molar-refractivity contribution is -0.116. The normalized spacial score (nSPS) is 13.5. The maximum absolute atomic E-state index is 12.9. The zero-order valence-electron chi connectivity index (χ0n) is 18.5. The molecular formula is C23H25ClN6O3. The van der Waals surface area contributed by atoms with Crippen LogP contribution in [0.2, 0.25) is 5.02 Å². The highest BCUT2D eigenvalue weighted by molar-refractivity contribution is 6.31. The summed E-state index contributed by atoms with van der Waals surface area (Å²) in [6.07, 6.45) is 3.94. The van der Waals surface area contributed by atoms with Crippen molar-refractivity contribution in [2.45, 2.75) is 39.5 Å². The molecular weight excluding hydrogens is 444 g/mol. The van der Waals surface area contributed by atoms with E-state index >= 15 is 0 Å². The van der Waals surface area contributed by atoms with E-state index in [0.29, 0.717) is 47.1 Å². The summed E-state index contributed by atoms with van der Waals surface area (Å²) >= 11 is 6.13. The molecule has 2 aromatic heterocycles. The molecule has 1 saturated heterocycles. The maximum Gasteiger partial charge on any atom is 0.255 e. The first-order valence-electron chi connectivity index (χ1n) is 10.8. The Morgan fingerprint density at radius 1 is 1.15 bits per heavy atom. The van der Waals surface area contributed by atoms with Crippen LogP contribution in [0.4, 0.5) is 5.69 Å². The number of amides is 3. The predicted octanol–water partition coefficient (Wildman–Crippen LogP) is 2.91. The SMILES string of the molecule is Cc1nc2c(C(N)=O)cnn2c(C)c1CCC(=O)Nc1cc(Cl)ccc1C(=O)N1CCCC1. The number of hydrogen-bond acceptors (Lipinski definition) is 5. The number of benzene rings is 1. The number of fused-ring (bicyclic) bond motifs is 1. The van der Waals surface area contributed by atoms with Gasteiger partial charge in [0.1, 0.15) is 5.56 Å². The minimum absolute atomic E-state index is 0.107. The Hall–Kier alpha value is -3.46. The molecule has 33 heavy (non-hydrogen) atoms. The number of rotatable bonds is 6. The van der Waals surface area contributed by atoms with Crippen molar-refractivity contribution < 1.29 is 14.4 Å². The predicted molar refractivity (Wildman–Crippen MR) is 125 cm³/mol. The third-order valence-electron chi connectivity index (χ3n) is 5.96. The van der Waals surface area contributed by atoms with Gasteiger partial charge in [0, 0.05) is 35.9 Å². The molecule has 0 unspecified atom stereocenters. The Morgan fingerprint density at radius 2 is 1.88 bits per heavy atom. The number of halogens is 1. The molecule has 1 fully saturated rings. The number of anilines is 1. The Kier molecular flexibility index (Phi) is 6.33. The lowest BCUT2D eigenvalue weighted by atomic mass is 10.1. The largest absolute Gasteiger partial charge is 0.365 e. The molecule has 0 spiro atoms. The molecule has 10 heteroatoms. The molecule has 1 aromatic carbocycles. The number of hydrogen-bond donors (Lipinski definition) is 2. The van der Waals surface area contributed by atoms with E-state index in [0.717, 1.165) is 24.1 Å². The average molecular weight is 469 g/mol. The van der Waals surface area contributed by atoms with Gasteiger partial charge in [0.2, 0.25) is 5.91 Å². The van der Waals surface area contributed by atoms with Crippen LogP contribution in [0.3, 0.4) is 0 Å². The van der Waals surface area contributed by atoms with E-state index in [-0.39, 0.29) is 23.8 Å². The van der Waals surface area contributed by atoms with Gasteiger partial charge in [-0.2, -0.15) is 5.10 Å². The maximum atomic E-state index is 12.9. The van der Waals surface area contributed by atoms with Crippen LogP contribution in [0.25, 0.3) is 5.65 Å². The van der Waals surface area contributed by atoms with E-state index in [2.05, 4.69) is 15.4 Å². The standard InChI is InChI=1S/C23H25ClN6O3/c1-13-16(14(2)30-22(27-13)18(12-26-30)21(25)32)7-8-20(31)28-19-11-15(24)5-6-17(19)23(33)29-9-3-4-10-29/h5-6,11-12H,3-4,7-10H2,1-2H3,(H2,25,32)(H,28,31). The molecule has 0 aliphatic carbocycles. The van der Waals surface area contributed by atoms with Crippen LogP contribution in [-0.2, 0) is 11.2 Å². The van der Waals surface area contributed by atoms with Crippen LogP contribution in [0.15, 0.2) is 24.4 Å². The van der Waals surface area contributed by atoms with Gasteiger partial charge in [-0.1, -0.05) is 11.6 Å². The number of primary amides is 1. The van der Waals surface area contributed by atoms with Gasteiger partial charge in [-0.3, -0.25) is 14.4 Å². The molecule has 0 bridgehead atoms. The van der Waals surface area contributed by atoms with Crippen LogP contribution in [-0.4, -0.2) is 50.3 Å². The second-order valence-corrected chi connectivity index (χ2v) is 8.59. The monoisotopic (exact) mass is 468 g/mol. The lowest BCUT2D eigenvalue weighted by Gasteiger charge is -2.18. The molecule has 1 aliphatic heterocycles. The van der Waals surface area contributed by atoms with Crippen LogP contribution in [0.1, 0.15) is 56.9 Å². The number of aryl methyl sites for hydroxylation is 2. The van der Waals surface area contributed by atoms with Crippen LogP contribution in [0.5, 0.6) is 0 Å². The van der Waals surface area contributed by atoms with Crippen molar-refractivity contribution in [1.82, 2.24) is 19.5 Å². The molecule has 172 valence electrons. The van der Waals surface area contributed by atoms with Gasteiger partial charge in [0.25, 0.3) is 11.8 Å². The summed E-state index contributed by atoms with van der Waals surface area (Å²) in [7, 11) is 0. The van der Waals surface area contributed by atoms with Gasteiger partial charge < -0.3 is 16.0 Å². The van der Waals surface area contributed by atoms with Gasteiger partial charge in [0.05, 0.1) is 17.4 Å². The van der Waals surface area contributed by atoms with Crippen molar-refractivity contribution in [2.75, 3.05) is 18.4 Å². The van der Waals surface area contributed by atoms with E-state index in [1.165, 1.54) is 6.20 Å². The lowest BCUT2D eigenvalue weighted by Crippen LogP contribution is -2.29. The number of nitrogens with zero attached hydrogens (tertiary/aromatic N) is 4. The molecule has 1 aliphatic rings. The van der Waals surface area contributed by atoms with E-state index in [1.54, 1.807) is 27.6 Å². The van der Waals surface area contributed by atoms with E-state index in [4.69, 9.17) is 17.3 Å². The van der Waals surface area contributed by atoms with E-state index in [1.807, 2.05) is 13.8 Å². The fourth-order valence-corrected chi connectivity index (χ4v) is 4.37. The van der Waals surface area contributed by atoms with Gasteiger partial charge in [-0.05, 0) is 56.9 Å². The number of aromatic nitrogens is 3. The Balaban J connectivity index is 1.51. The second-order valence-electron chi connectivity index (χ2n) is 8.16. The summed E-state index contributed by atoms with van der Waals surface area (Å²) in [5, 5.41) is 7.50. The molecule has 3 heterocycles. The zero-order chi connectivity index (χ0) is 23.7. The van der Waals surface area contributed by atoms with Gasteiger partial charge in [0.15, 0.2) is 5.65 Å². The van der Waals surface area contributed by atoms with E-state index < -0.39 is 5.91 Å². The van der Waals surface area contributed by atoms with Gasteiger partial charge in [-0.15, -0.1) is 0 Å². The molecule has 0 atom stereocenters. The van der Waals surface area contributed by atoms with Crippen molar-refractivity contribution in [3.63, 3.8) is 0 Å². The summed E-state index contributed by atoms with van der Waals surface area (Å²) in [5.41, 5.74) is 9.22. The number of nitrogens with one attached hydrogen (secondary N) is 1. The average Bonchev–Trinajstić information content (AvgIpc) is 3.43. The third kappa shape index (κ3) is 4.54. The summed E-state index contributed by atoms with van der Waals surface area (Å²) in [6, 6.07) is 4.90. The second kappa shape index (κ2) is 9.19. The van der Waals surface area contributed by atoms with Crippen LogP contribution >= 0.6 is 11.6 Å². The van der Waals surface area contributed by atoms with Crippen molar-refractivity contribution in [1.29, 1.82) is 0 Å². The fourth-order valence-electron chi connectivity index (χ4n) is 4.19. The first kappa shape index (κ1) is 22.7. The number of carbonyl (C=O) groups is 3. The first-order valence-corrected chi connectivity index (χ1v) is 11.2. The van der Waals surface area contributed by atoms with E-state index in [9.17, 15) is 14.4 Å². The first-order chi connectivity index (χ1) is 15.8. The minimum Gasteiger partial charge on any atom is -0.365 e. The Labute approximate surface area is 195 Å². The highest BCUT2D eigenvalue weighted by Gasteiger charge is 2.23. The summed E-state index contributed by atoms with van der Waals surface area (Å²) < 4.78 is 1.56. The quantitative estimate of drug-likeness (QED) is 0.575. The highest BCUT2D eigenvalue weighted by atomic mass is 35.5. The third-order valence-corrected chi connectivity index (χ3v) is 6.19. The molecule has 3 amide bonds. The highest BCUT2D eigenvalue weighted by Crippen LogP contribution is 2.25. The van der Waals surface area contributed by atoms with Crippen molar-refractivity contribution in [3.05, 3.63) is 57.5 Å². The Bertz CT molecular complexity index is 1260. The Morgan fingerprint density at radius 3 is 2.58 bits per heavy atom. The van der Waals surface area contributed by atoms with Crippen LogP contribution < -0.4 is 11.1 Å². The van der Waals surface area contributed by atoms with Gasteiger partial charge in [-0.25, -0.2) is 9.50 Å². The molecule has 0 radical (unpaired) electrons. The number of likely N-dealkylation sites (tertiary alicyclic amines) is 1. The zero-order valence-corrected chi connectivity index (χ0v) is 19.3. The summed E-state index contributed by atoms with van der Waals surface area (Å²) in [4.78, 5) is 43.5. The van der Waals surface area contributed by atoms with Crippen molar-refractivity contribution in [3.8, 4) is 0 Å². The summed E-state index contributed by atoms with van der Waals surface area (Å²) in [5.74, 6) is -0.945. The topological polar surface area (TPSA) is 123 Å². The fraction of sp³-hybridized carbons (Fsp3) is 0.348. The number of carbonyl (C=O) groups excluding carboxylic acids is 3.